The largest absolute Gasteiger partial charge is 0.445 e. The van der Waals surface area contributed by atoms with Crippen LogP contribution in [0.4, 0.5) is 4.79 Å². The molecule has 1 N–H and O–H groups in total. The second-order valence-corrected chi connectivity index (χ2v) is 5.74. The minimum absolute atomic E-state index is 0.273. The van der Waals surface area contributed by atoms with Crippen LogP contribution in [0.2, 0.25) is 0 Å². The van der Waals surface area contributed by atoms with Crippen molar-refractivity contribution in [2.24, 2.45) is 7.05 Å². The summed E-state index contributed by atoms with van der Waals surface area (Å²) < 4.78 is 7.22. The Kier molecular flexibility index (Phi) is 5.38. The lowest BCUT2D eigenvalue weighted by molar-refractivity contribution is 0.140. The van der Waals surface area contributed by atoms with Gasteiger partial charge < -0.3 is 14.6 Å². The molecule has 4 nitrogen and oxygen atoms in total. The van der Waals surface area contributed by atoms with Crippen molar-refractivity contribution >= 4 is 17.0 Å². The third-order valence-electron chi connectivity index (χ3n) is 3.85. The third kappa shape index (κ3) is 4.65. The quantitative estimate of drug-likeness (QED) is 0.582. The lowest BCUT2D eigenvalue weighted by Gasteiger charge is -2.05. The van der Waals surface area contributed by atoms with Crippen molar-refractivity contribution < 1.29 is 9.53 Å². The van der Waals surface area contributed by atoms with E-state index in [9.17, 15) is 4.79 Å². The Morgan fingerprint density at radius 3 is 2.84 bits per heavy atom. The molecule has 0 saturated carbocycles. The summed E-state index contributed by atoms with van der Waals surface area (Å²) >= 11 is 0. The van der Waals surface area contributed by atoms with Gasteiger partial charge in [-0.05, 0) is 29.8 Å². The van der Waals surface area contributed by atoms with Gasteiger partial charge in [0.1, 0.15) is 6.61 Å². The molecule has 0 aliphatic carbocycles. The van der Waals surface area contributed by atoms with Crippen molar-refractivity contribution in [1.82, 2.24) is 9.88 Å². The Bertz CT molecular complexity index is 917. The highest BCUT2D eigenvalue weighted by Gasteiger charge is 2.01. The summed E-state index contributed by atoms with van der Waals surface area (Å²) in [7, 11) is 2.02. The van der Waals surface area contributed by atoms with Crippen LogP contribution < -0.4 is 5.32 Å². The first kappa shape index (κ1) is 16.7. The minimum Gasteiger partial charge on any atom is -0.445 e. The Balaban J connectivity index is 1.42. The highest BCUT2D eigenvalue weighted by molar-refractivity contribution is 5.81. The van der Waals surface area contributed by atoms with Gasteiger partial charge in [0.15, 0.2) is 0 Å². The van der Waals surface area contributed by atoms with E-state index in [0.29, 0.717) is 13.0 Å². The van der Waals surface area contributed by atoms with Crippen molar-refractivity contribution in [3.05, 3.63) is 71.9 Å². The standard InChI is InChI=1S/C21H20N2O2/c1-23-14-12-19-15-17(10-11-20(19)23)7-5-6-13-22-21(24)25-16-18-8-3-2-4-9-18/h2-4,8-12,14-15H,6,13,16H2,1H3,(H,22,24). The predicted octanol–water partition coefficient (Wildman–Crippen LogP) is 3.85. The van der Waals surface area contributed by atoms with Crippen LogP contribution >= 0.6 is 0 Å². The molecule has 0 aliphatic rings. The van der Waals surface area contributed by atoms with Crippen LogP contribution in [0.3, 0.4) is 0 Å². The first-order chi connectivity index (χ1) is 12.2. The zero-order valence-electron chi connectivity index (χ0n) is 14.2. The molecule has 0 atom stereocenters. The van der Waals surface area contributed by atoms with Gasteiger partial charge in [0.2, 0.25) is 0 Å². The number of aromatic nitrogens is 1. The molecule has 0 fully saturated rings. The van der Waals surface area contributed by atoms with Crippen molar-refractivity contribution in [2.75, 3.05) is 6.54 Å². The molecule has 126 valence electrons. The molecule has 0 unspecified atom stereocenters. The van der Waals surface area contributed by atoms with Crippen LogP contribution in [-0.4, -0.2) is 17.2 Å². The lowest BCUT2D eigenvalue weighted by Crippen LogP contribution is -2.24. The van der Waals surface area contributed by atoms with E-state index in [-0.39, 0.29) is 6.61 Å². The number of amides is 1. The number of hydrogen-bond acceptors (Lipinski definition) is 2. The minimum atomic E-state index is -0.420. The van der Waals surface area contributed by atoms with E-state index in [4.69, 9.17) is 4.74 Å². The number of ether oxygens (including phenoxy) is 1. The molecule has 3 aromatic rings. The zero-order chi connectivity index (χ0) is 17.5. The van der Waals surface area contributed by atoms with Crippen LogP contribution in [0.1, 0.15) is 17.5 Å². The Hall–Kier alpha value is -3.19. The Morgan fingerprint density at radius 2 is 2.00 bits per heavy atom. The number of rotatable bonds is 4. The monoisotopic (exact) mass is 332 g/mol. The van der Waals surface area contributed by atoms with E-state index in [1.165, 1.54) is 10.9 Å². The van der Waals surface area contributed by atoms with Gasteiger partial charge in [-0.3, -0.25) is 0 Å². The molecule has 0 aliphatic heterocycles. The molecule has 0 radical (unpaired) electrons. The summed E-state index contributed by atoms with van der Waals surface area (Å²) in [6, 6.07) is 17.8. The molecule has 1 heterocycles. The maximum absolute atomic E-state index is 11.6. The van der Waals surface area contributed by atoms with E-state index < -0.39 is 6.09 Å². The van der Waals surface area contributed by atoms with Crippen LogP contribution in [0.5, 0.6) is 0 Å². The summed E-state index contributed by atoms with van der Waals surface area (Å²) in [5.74, 6) is 6.20. The van der Waals surface area contributed by atoms with E-state index in [1.807, 2.05) is 49.6 Å². The summed E-state index contributed by atoms with van der Waals surface area (Å²) in [5.41, 5.74) is 3.13. The molecule has 1 amide bonds. The number of benzene rings is 2. The smallest absolute Gasteiger partial charge is 0.407 e. The summed E-state index contributed by atoms with van der Waals surface area (Å²) in [6.45, 7) is 0.740. The summed E-state index contributed by atoms with van der Waals surface area (Å²) in [5, 5.41) is 3.88. The van der Waals surface area contributed by atoms with Crippen LogP contribution in [0.25, 0.3) is 10.9 Å². The molecular formula is C21H20N2O2. The zero-order valence-corrected chi connectivity index (χ0v) is 14.2. The van der Waals surface area contributed by atoms with E-state index in [0.717, 1.165) is 11.1 Å². The fourth-order valence-corrected chi connectivity index (χ4v) is 2.53. The number of carbonyl (C=O) groups excluding carboxylic acids is 1. The first-order valence-electron chi connectivity index (χ1n) is 8.21. The topological polar surface area (TPSA) is 43.3 Å². The van der Waals surface area contributed by atoms with E-state index in [1.54, 1.807) is 0 Å². The summed E-state index contributed by atoms with van der Waals surface area (Å²) in [4.78, 5) is 11.6. The molecule has 0 bridgehead atoms. The lowest BCUT2D eigenvalue weighted by atomic mass is 10.1. The number of fused-ring (bicyclic) bond motifs is 1. The maximum atomic E-state index is 11.6. The van der Waals surface area contributed by atoms with Gasteiger partial charge >= 0.3 is 6.09 Å². The van der Waals surface area contributed by atoms with Crippen molar-refractivity contribution in [3.8, 4) is 11.8 Å². The molecule has 1 aromatic heterocycles. The van der Waals surface area contributed by atoms with Gasteiger partial charge in [-0.25, -0.2) is 4.79 Å². The van der Waals surface area contributed by atoms with Gasteiger partial charge in [-0.2, -0.15) is 0 Å². The average Bonchev–Trinajstić information content (AvgIpc) is 3.01. The highest BCUT2D eigenvalue weighted by atomic mass is 16.5. The van der Waals surface area contributed by atoms with Crippen molar-refractivity contribution in [2.45, 2.75) is 13.0 Å². The highest BCUT2D eigenvalue weighted by Crippen LogP contribution is 2.15. The molecule has 2 aromatic carbocycles. The van der Waals surface area contributed by atoms with Gasteiger partial charge in [0, 0.05) is 42.7 Å². The molecule has 25 heavy (non-hydrogen) atoms. The predicted molar refractivity (Wildman–Crippen MR) is 99.0 cm³/mol. The van der Waals surface area contributed by atoms with Crippen LogP contribution in [0.15, 0.2) is 60.8 Å². The van der Waals surface area contributed by atoms with E-state index >= 15 is 0 Å². The molecular weight excluding hydrogens is 312 g/mol. The molecule has 0 spiro atoms. The van der Waals surface area contributed by atoms with Crippen molar-refractivity contribution in [3.63, 3.8) is 0 Å². The maximum Gasteiger partial charge on any atom is 0.407 e. The third-order valence-corrected chi connectivity index (χ3v) is 3.85. The van der Waals surface area contributed by atoms with Crippen LogP contribution in [-0.2, 0) is 18.4 Å². The normalized spacial score (nSPS) is 10.1. The van der Waals surface area contributed by atoms with Gasteiger partial charge in [0.25, 0.3) is 0 Å². The number of hydrogen-bond donors (Lipinski definition) is 1. The average molecular weight is 332 g/mol. The summed E-state index contributed by atoms with van der Waals surface area (Å²) in [6.07, 6.45) is 2.19. The fourth-order valence-electron chi connectivity index (χ4n) is 2.53. The van der Waals surface area contributed by atoms with Gasteiger partial charge in [-0.1, -0.05) is 42.2 Å². The second kappa shape index (κ2) is 8.07. The number of nitrogens with zero attached hydrogens (tertiary/aromatic N) is 1. The number of aryl methyl sites for hydroxylation is 1. The molecule has 3 rings (SSSR count). The van der Waals surface area contributed by atoms with Gasteiger partial charge in [-0.15, -0.1) is 0 Å². The first-order valence-corrected chi connectivity index (χ1v) is 8.21. The van der Waals surface area contributed by atoms with E-state index in [2.05, 4.69) is 39.9 Å². The van der Waals surface area contributed by atoms with Crippen LogP contribution in [0, 0.1) is 11.8 Å². The SMILES string of the molecule is Cn1ccc2cc(C#CCCNC(=O)OCc3ccccc3)ccc21. The number of alkyl carbamates (subject to hydrolysis) is 1. The Morgan fingerprint density at radius 1 is 1.16 bits per heavy atom. The second-order valence-electron chi connectivity index (χ2n) is 5.74. The molecule has 4 heteroatoms. The van der Waals surface area contributed by atoms with Crippen molar-refractivity contribution in [1.29, 1.82) is 0 Å². The van der Waals surface area contributed by atoms with Gasteiger partial charge in [0.05, 0.1) is 0 Å². The number of nitrogens with one attached hydrogen (secondary N) is 1. The number of carbonyl (C=O) groups is 1. The molecule has 0 saturated heterocycles. The fraction of sp³-hybridized carbons (Fsp3) is 0.190. The Labute approximate surface area is 147 Å².